The van der Waals surface area contributed by atoms with Gasteiger partial charge >= 0.3 is 0 Å². The minimum atomic E-state index is -0.498. The number of para-hydroxylation sites is 1. The molecule has 5 heteroatoms. The van der Waals surface area contributed by atoms with Crippen LogP contribution in [0.4, 0.5) is 4.39 Å². The number of hydrogen-bond donors (Lipinski definition) is 1. The van der Waals surface area contributed by atoms with Crippen molar-refractivity contribution in [1.29, 1.82) is 0 Å². The second kappa shape index (κ2) is 7.55. The van der Waals surface area contributed by atoms with Crippen LogP contribution in [0.1, 0.15) is 36.8 Å². The van der Waals surface area contributed by atoms with Crippen LogP contribution in [0.5, 0.6) is 5.75 Å². The van der Waals surface area contributed by atoms with Crippen LogP contribution in [0.2, 0.25) is 0 Å². The van der Waals surface area contributed by atoms with E-state index in [1.54, 1.807) is 7.11 Å². The number of methoxy groups -OCH3 is 1. The molecule has 1 saturated carbocycles. The molecule has 1 aliphatic heterocycles. The van der Waals surface area contributed by atoms with E-state index in [4.69, 9.17) is 9.47 Å². The molecular weight excluding hydrogens is 357 g/mol. The molecule has 1 N–H and O–H groups in total. The second-order valence-corrected chi connectivity index (χ2v) is 7.86. The zero-order chi connectivity index (χ0) is 19.6. The highest BCUT2D eigenvalue weighted by Crippen LogP contribution is 2.51. The average Bonchev–Trinajstić information content (AvgIpc) is 3.55. The number of amides is 1. The number of hydrogen-bond acceptors (Lipinski definition) is 3. The van der Waals surface area contributed by atoms with Crippen molar-refractivity contribution >= 4 is 5.91 Å². The van der Waals surface area contributed by atoms with Crippen LogP contribution < -0.4 is 10.1 Å². The molecule has 2 aliphatic rings. The summed E-state index contributed by atoms with van der Waals surface area (Å²) in [6, 6.07) is 14.4. The van der Waals surface area contributed by atoms with Gasteiger partial charge < -0.3 is 14.8 Å². The van der Waals surface area contributed by atoms with Gasteiger partial charge in [-0.2, -0.15) is 0 Å². The lowest BCUT2D eigenvalue weighted by atomic mass is 9.74. The van der Waals surface area contributed by atoms with Gasteiger partial charge in [0.25, 0.3) is 0 Å². The monoisotopic (exact) mass is 383 g/mol. The first-order valence-electron chi connectivity index (χ1n) is 9.85. The largest absolute Gasteiger partial charge is 0.496 e. The van der Waals surface area contributed by atoms with Crippen LogP contribution in [-0.4, -0.2) is 32.8 Å². The average molecular weight is 383 g/mol. The molecule has 0 bridgehead atoms. The predicted octanol–water partition coefficient (Wildman–Crippen LogP) is 3.73. The SMILES string of the molecule is COc1ccccc1C1(C(=O)NCC2(c3ccc(F)cc3)CCOCC2)CC1. The highest BCUT2D eigenvalue weighted by atomic mass is 19.1. The molecule has 0 atom stereocenters. The van der Waals surface area contributed by atoms with Gasteiger partial charge in [0, 0.05) is 30.7 Å². The van der Waals surface area contributed by atoms with Crippen molar-refractivity contribution in [2.75, 3.05) is 26.9 Å². The molecule has 0 radical (unpaired) electrons. The molecule has 4 rings (SSSR count). The van der Waals surface area contributed by atoms with E-state index in [0.29, 0.717) is 19.8 Å². The van der Waals surface area contributed by atoms with Crippen LogP contribution in [0, 0.1) is 5.82 Å². The standard InChI is InChI=1S/C23H26FNO3/c1-27-20-5-3-2-4-19(20)23(10-11-23)21(26)25-16-22(12-14-28-15-13-22)17-6-8-18(24)9-7-17/h2-9H,10-16H2,1H3,(H,25,26). The summed E-state index contributed by atoms with van der Waals surface area (Å²) in [5, 5.41) is 3.22. The summed E-state index contributed by atoms with van der Waals surface area (Å²) < 4.78 is 24.4. The van der Waals surface area contributed by atoms with E-state index in [9.17, 15) is 9.18 Å². The number of nitrogens with one attached hydrogen (secondary N) is 1. The molecule has 2 fully saturated rings. The van der Waals surface area contributed by atoms with Crippen molar-refractivity contribution < 1.29 is 18.7 Å². The highest BCUT2D eigenvalue weighted by Gasteiger charge is 2.53. The first-order chi connectivity index (χ1) is 13.6. The Morgan fingerprint density at radius 3 is 2.39 bits per heavy atom. The molecule has 4 nitrogen and oxygen atoms in total. The maximum absolute atomic E-state index is 13.4. The fourth-order valence-electron chi connectivity index (χ4n) is 4.34. The minimum Gasteiger partial charge on any atom is -0.496 e. The summed E-state index contributed by atoms with van der Waals surface area (Å²) in [7, 11) is 1.64. The minimum absolute atomic E-state index is 0.0463. The zero-order valence-corrected chi connectivity index (χ0v) is 16.2. The van der Waals surface area contributed by atoms with Gasteiger partial charge in [0.1, 0.15) is 11.6 Å². The fourth-order valence-corrected chi connectivity index (χ4v) is 4.34. The van der Waals surface area contributed by atoms with Crippen molar-refractivity contribution in [3.05, 3.63) is 65.5 Å². The van der Waals surface area contributed by atoms with Gasteiger partial charge in [-0.3, -0.25) is 4.79 Å². The number of carbonyl (C=O) groups excluding carboxylic acids is 1. The van der Waals surface area contributed by atoms with E-state index in [1.807, 2.05) is 36.4 Å². The predicted molar refractivity (Wildman–Crippen MR) is 105 cm³/mol. The maximum atomic E-state index is 13.4. The number of rotatable bonds is 6. The number of halogens is 1. The van der Waals surface area contributed by atoms with Crippen LogP contribution in [0.3, 0.4) is 0 Å². The van der Waals surface area contributed by atoms with Crippen molar-refractivity contribution in [3.63, 3.8) is 0 Å². The third-order valence-electron chi connectivity index (χ3n) is 6.30. The van der Waals surface area contributed by atoms with E-state index in [1.165, 1.54) is 12.1 Å². The first-order valence-corrected chi connectivity index (χ1v) is 9.85. The molecule has 2 aromatic rings. The summed E-state index contributed by atoms with van der Waals surface area (Å²) >= 11 is 0. The van der Waals surface area contributed by atoms with Crippen molar-refractivity contribution in [2.24, 2.45) is 0 Å². The Balaban J connectivity index is 1.54. The van der Waals surface area contributed by atoms with Crippen molar-refractivity contribution in [3.8, 4) is 5.75 Å². The lowest BCUT2D eigenvalue weighted by Crippen LogP contribution is -2.47. The first kappa shape index (κ1) is 18.9. The molecule has 0 spiro atoms. The molecule has 1 amide bonds. The van der Waals surface area contributed by atoms with E-state index >= 15 is 0 Å². The molecular formula is C23H26FNO3. The van der Waals surface area contributed by atoms with E-state index < -0.39 is 5.41 Å². The molecule has 0 unspecified atom stereocenters. The Kier molecular flexibility index (Phi) is 5.11. The van der Waals surface area contributed by atoms with Gasteiger partial charge in [-0.15, -0.1) is 0 Å². The van der Waals surface area contributed by atoms with Gasteiger partial charge in [-0.1, -0.05) is 30.3 Å². The molecule has 1 heterocycles. The molecule has 0 aromatic heterocycles. The Bertz CT molecular complexity index is 839. The molecule has 28 heavy (non-hydrogen) atoms. The van der Waals surface area contributed by atoms with Crippen LogP contribution >= 0.6 is 0 Å². The molecule has 1 aliphatic carbocycles. The summed E-state index contributed by atoms with van der Waals surface area (Å²) in [5.41, 5.74) is 1.29. The smallest absolute Gasteiger partial charge is 0.230 e. The summed E-state index contributed by atoms with van der Waals surface area (Å²) in [6.45, 7) is 1.81. The summed E-state index contributed by atoms with van der Waals surface area (Å²) in [4.78, 5) is 13.2. The quantitative estimate of drug-likeness (QED) is 0.827. The lowest BCUT2D eigenvalue weighted by Gasteiger charge is -2.38. The Labute approximate surface area is 165 Å². The fraction of sp³-hybridized carbons (Fsp3) is 0.435. The maximum Gasteiger partial charge on any atom is 0.230 e. The van der Waals surface area contributed by atoms with E-state index in [0.717, 1.165) is 42.6 Å². The van der Waals surface area contributed by atoms with Crippen LogP contribution in [0.25, 0.3) is 0 Å². The molecule has 2 aromatic carbocycles. The van der Waals surface area contributed by atoms with Gasteiger partial charge in [0.05, 0.1) is 12.5 Å². The number of benzene rings is 2. The van der Waals surface area contributed by atoms with Gasteiger partial charge in [0.2, 0.25) is 5.91 Å². The third kappa shape index (κ3) is 3.39. The molecule has 1 saturated heterocycles. The van der Waals surface area contributed by atoms with Gasteiger partial charge in [-0.25, -0.2) is 4.39 Å². The molecule has 148 valence electrons. The lowest BCUT2D eigenvalue weighted by molar-refractivity contribution is -0.124. The van der Waals surface area contributed by atoms with Gasteiger partial charge in [0.15, 0.2) is 0 Å². The Morgan fingerprint density at radius 2 is 1.75 bits per heavy atom. The van der Waals surface area contributed by atoms with E-state index in [2.05, 4.69) is 5.32 Å². The van der Waals surface area contributed by atoms with Crippen LogP contribution in [0.15, 0.2) is 48.5 Å². The normalized spacial score (nSPS) is 19.6. The second-order valence-electron chi connectivity index (χ2n) is 7.86. The van der Waals surface area contributed by atoms with Crippen LogP contribution in [-0.2, 0) is 20.4 Å². The topological polar surface area (TPSA) is 47.6 Å². The van der Waals surface area contributed by atoms with Gasteiger partial charge in [-0.05, 0) is 49.4 Å². The summed E-state index contributed by atoms with van der Waals surface area (Å²) in [5.74, 6) is 0.558. The Morgan fingerprint density at radius 1 is 1.07 bits per heavy atom. The highest BCUT2D eigenvalue weighted by molar-refractivity contribution is 5.92. The number of ether oxygens (including phenoxy) is 2. The number of carbonyl (C=O) groups is 1. The van der Waals surface area contributed by atoms with Crippen molar-refractivity contribution in [2.45, 2.75) is 36.5 Å². The zero-order valence-electron chi connectivity index (χ0n) is 16.2. The van der Waals surface area contributed by atoms with E-state index in [-0.39, 0.29) is 17.1 Å². The Hall–Kier alpha value is -2.40. The summed E-state index contributed by atoms with van der Waals surface area (Å²) in [6.07, 6.45) is 3.26. The van der Waals surface area contributed by atoms with Crippen molar-refractivity contribution in [1.82, 2.24) is 5.32 Å². The third-order valence-corrected chi connectivity index (χ3v) is 6.30.